The van der Waals surface area contributed by atoms with Crippen molar-refractivity contribution in [2.45, 2.75) is 38.6 Å². The van der Waals surface area contributed by atoms with Crippen molar-refractivity contribution in [3.05, 3.63) is 0 Å². The van der Waals surface area contributed by atoms with Crippen molar-refractivity contribution in [1.29, 1.82) is 0 Å². The maximum atomic E-state index is 5.64. The molecule has 1 N–H and O–H groups in total. The van der Waals surface area contributed by atoms with Gasteiger partial charge in [-0.3, -0.25) is 0 Å². The minimum atomic E-state index is 0.622. The third kappa shape index (κ3) is 1.96. The first-order valence-electron chi connectivity index (χ1n) is 6.13. The summed E-state index contributed by atoms with van der Waals surface area (Å²) >= 11 is 0. The normalized spacial score (nSPS) is 36.9. The summed E-state index contributed by atoms with van der Waals surface area (Å²) in [6.45, 7) is 4.00. The summed E-state index contributed by atoms with van der Waals surface area (Å²) in [6.07, 6.45) is 5.55. The Morgan fingerprint density at radius 3 is 2.64 bits per heavy atom. The first kappa shape index (κ1) is 10.4. The predicted octanol–water partition coefficient (Wildman–Crippen LogP) is 2.05. The van der Waals surface area contributed by atoms with Gasteiger partial charge >= 0.3 is 0 Å². The Kier molecular flexibility index (Phi) is 3.45. The summed E-state index contributed by atoms with van der Waals surface area (Å²) in [5.74, 6) is 3.01. The molecule has 2 fully saturated rings. The number of ether oxygens (including phenoxy) is 1. The van der Waals surface area contributed by atoms with Crippen molar-refractivity contribution in [3.63, 3.8) is 0 Å². The van der Waals surface area contributed by atoms with E-state index in [0.29, 0.717) is 6.04 Å². The lowest BCUT2D eigenvalue weighted by atomic mass is 10.1. The van der Waals surface area contributed by atoms with E-state index < -0.39 is 0 Å². The van der Waals surface area contributed by atoms with Gasteiger partial charge in [0.25, 0.3) is 0 Å². The van der Waals surface area contributed by atoms with Gasteiger partial charge in [0.15, 0.2) is 0 Å². The van der Waals surface area contributed by atoms with Crippen molar-refractivity contribution in [3.8, 4) is 0 Å². The van der Waals surface area contributed by atoms with Gasteiger partial charge in [-0.2, -0.15) is 0 Å². The molecule has 0 amide bonds. The lowest BCUT2D eigenvalue weighted by Crippen LogP contribution is -2.34. The van der Waals surface area contributed by atoms with Crippen LogP contribution in [0.4, 0.5) is 0 Å². The molecular weight excluding hydrogens is 174 g/mol. The maximum Gasteiger partial charge on any atom is 0.0622 e. The van der Waals surface area contributed by atoms with Crippen molar-refractivity contribution in [1.82, 2.24) is 5.32 Å². The fourth-order valence-corrected chi connectivity index (χ4v) is 3.22. The van der Waals surface area contributed by atoms with Crippen LogP contribution in [0.1, 0.15) is 32.6 Å². The van der Waals surface area contributed by atoms with E-state index >= 15 is 0 Å². The number of hydrogen-bond donors (Lipinski definition) is 1. The predicted molar refractivity (Wildman–Crippen MR) is 58.3 cm³/mol. The van der Waals surface area contributed by atoms with Gasteiger partial charge in [-0.25, -0.2) is 0 Å². The van der Waals surface area contributed by atoms with E-state index in [1.165, 1.54) is 19.3 Å². The maximum absolute atomic E-state index is 5.64. The Morgan fingerprint density at radius 2 is 2.07 bits per heavy atom. The number of fused-ring (bicyclic) bond motifs is 1. The molecule has 0 saturated heterocycles. The first-order valence-corrected chi connectivity index (χ1v) is 6.13. The van der Waals surface area contributed by atoms with E-state index in [2.05, 4.69) is 19.3 Å². The van der Waals surface area contributed by atoms with Gasteiger partial charge in [0, 0.05) is 12.6 Å². The van der Waals surface area contributed by atoms with E-state index in [1.54, 1.807) is 0 Å². The standard InChI is InChI=1S/C12H23NO/c1-3-7-14-8-11(13-2)12-9-5-4-6-10(9)12/h9-13H,3-8H2,1-2H3. The molecule has 0 aromatic heterocycles. The van der Waals surface area contributed by atoms with Gasteiger partial charge in [-0.05, 0) is 44.1 Å². The van der Waals surface area contributed by atoms with E-state index in [1.807, 2.05) is 0 Å². The molecule has 2 aliphatic rings. The Morgan fingerprint density at radius 1 is 1.36 bits per heavy atom. The molecule has 82 valence electrons. The van der Waals surface area contributed by atoms with E-state index in [0.717, 1.165) is 37.4 Å². The lowest BCUT2D eigenvalue weighted by Gasteiger charge is -2.18. The molecule has 0 aliphatic heterocycles. The number of nitrogens with one attached hydrogen (secondary N) is 1. The molecule has 3 atom stereocenters. The average molecular weight is 197 g/mol. The van der Waals surface area contributed by atoms with Crippen molar-refractivity contribution >= 4 is 0 Å². The minimum absolute atomic E-state index is 0.622. The molecule has 2 rings (SSSR count). The zero-order valence-electron chi connectivity index (χ0n) is 9.46. The molecule has 14 heavy (non-hydrogen) atoms. The van der Waals surface area contributed by atoms with Crippen LogP contribution < -0.4 is 5.32 Å². The van der Waals surface area contributed by atoms with E-state index in [-0.39, 0.29) is 0 Å². The SMILES string of the molecule is CCCOCC(NC)C1C2CCCC21. The van der Waals surface area contributed by atoms with Crippen LogP contribution in [0.2, 0.25) is 0 Å². The van der Waals surface area contributed by atoms with Gasteiger partial charge in [-0.1, -0.05) is 13.3 Å². The Hall–Kier alpha value is -0.0800. The molecule has 0 radical (unpaired) electrons. The highest BCUT2D eigenvalue weighted by molar-refractivity contribution is 5.05. The largest absolute Gasteiger partial charge is 0.380 e. The molecule has 0 spiro atoms. The third-order valence-corrected chi connectivity index (χ3v) is 3.95. The summed E-state index contributed by atoms with van der Waals surface area (Å²) in [4.78, 5) is 0. The third-order valence-electron chi connectivity index (χ3n) is 3.95. The van der Waals surface area contributed by atoms with Gasteiger partial charge < -0.3 is 10.1 Å². The molecule has 2 nitrogen and oxygen atoms in total. The zero-order chi connectivity index (χ0) is 9.97. The second kappa shape index (κ2) is 4.63. The summed E-state index contributed by atoms with van der Waals surface area (Å²) in [6, 6.07) is 0.622. The average Bonchev–Trinajstić information content (AvgIpc) is 2.69. The quantitative estimate of drug-likeness (QED) is 0.658. The van der Waals surface area contributed by atoms with Crippen molar-refractivity contribution in [2.24, 2.45) is 17.8 Å². The molecule has 0 heterocycles. The van der Waals surface area contributed by atoms with Crippen LogP contribution in [-0.2, 0) is 4.74 Å². The van der Waals surface area contributed by atoms with Crippen LogP contribution in [0.15, 0.2) is 0 Å². The van der Waals surface area contributed by atoms with Gasteiger partial charge in [0.05, 0.1) is 6.61 Å². The topological polar surface area (TPSA) is 21.3 Å². The van der Waals surface area contributed by atoms with Crippen LogP contribution in [0.25, 0.3) is 0 Å². The summed E-state index contributed by atoms with van der Waals surface area (Å²) in [5, 5.41) is 3.43. The van der Waals surface area contributed by atoms with Gasteiger partial charge in [-0.15, -0.1) is 0 Å². The first-order chi connectivity index (χ1) is 6.88. The summed E-state index contributed by atoms with van der Waals surface area (Å²) < 4.78 is 5.64. The molecule has 0 aromatic rings. The molecule has 2 saturated carbocycles. The second-order valence-electron chi connectivity index (χ2n) is 4.81. The molecular formula is C12H23NO. The Balaban J connectivity index is 1.71. The molecule has 2 aliphatic carbocycles. The van der Waals surface area contributed by atoms with Crippen LogP contribution in [-0.4, -0.2) is 26.3 Å². The zero-order valence-corrected chi connectivity index (χ0v) is 9.46. The van der Waals surface area contributed by atoms with Crippen LogP contribution in [0.3, 0.4) is 0 Å². The number of likely N-dealkylation sites (N-methyl/N-ethyl adjacent to an activating group) is 1. The number of hydrogen-bond acceptors (Lipinski definition) is 2. The van der Waals surface area contributed by atoms with Crippen LogP contribution >= 0.6 is 0 Å². The smallest absolute Gasteiger partial charge is 0.0622 e. The highest BCUT2D eigenvalue weighted by Crippen LogP contribution is 2.58. The van der Waals surface area contributed by atoms with Gasteiger partial charge in [0.1, 0.15) is 0 Å². The summed E-state index contributed by atoms with van der Waals surface area (Å²) in [7, 11) is 2.08. The minimum Gasteiger partial charge on any atom is -0.380 e. The van der Waals surface area contributed by atoms with Crippen molar-refractivity contribution < 1.29 is 4.74 Å². The van der Waals surface area contributed by atoms with Crippen LogP contribution in [0, 0.1) is 17.8 Å². The molecule has 3 unspecified atom stereocenters. The Bertz CT molecular complexity index is 173. The molecule has 2 heteroatoms. The fraction of sp³-hybridized carbons (Fsp3) is 1.00. The van der Waals surface area contributed by atoms with Crippen LogP contribution in [0.5, 0.6) is 0 Å². The molecule has 0 aromatic carbocycles. The summed E-state index contributed by atoms with van der Waals surface area (Å²) in [5.41, 5.74) is 0. The van der Waals surface area contributed by atoms with E-state index in [4.69, 9.17) is 4.74 Å². The Labute approximate surface area is 87.4 Å². The molecule has 0 bridgehead atoms. The number of rotatable bonds is 6. The van der Waals surface area contributed by atoms with Crippen molar-refractivity contribution in [2.75, 3.05) is 20.3 Å². The lowest BCUT2D eigenvalue weighted by molar-refractivity contribution is 0.104. The highest BCUT2D eigenvalue weighted by atomic mass is 16.5. The van der Waals surface area contributed by atoms with Gasteiger partial charge in [0.2, 0.25) is 0 Å². The monoisotopic (exact) mass is 197 g/mol. The highest BCUT2D eigenvalue weighted by Gasteiger charge is 2.55. The second-order valence-corrected chi connectivity index (χ2v) is 4.81. The van der Waals surface area contributed by atoms with E-state index in [9.17, 15) is 0 Å². The fourth-order valence-electron chi connectivity index (χ4n) is 3.22.